The maximum atomic E-state index is 9.62. The monoisotopic (exact) mass is 205 g/mol. The number of aryl methyl sites for hydroxylation is 1. The van der Waals surface area contributed by atoms with Crippen LogP contribution < -0.4 is 5.32 Å². The highest BCUT2D eigenvalue weighted by atomic mass is 16.3. The lowest BCUT2D eigenvalue weighted by molar-refractivity contribution is 0.459. The zero-order chi connectivity index (χ0) is 11.3. The SMILES string of the molecule is C=CCC(C)NCc1cc(C)ccc1O. The molecule has 1 atom stereocenters. The lowest BCUT2D eigenvalue weighted by Gasteiger charge is -2.12. The summed E-state index contributed by atoms with van der Waals surface area (Å²) in [5.74, 6) is 0.360. The van der Waals surface area contributed by atoms with Gasteiger partial charge >= 0.3 is 0 Å². The molecule has 0 heterocycles. The van der Waals surface area contributed by atoms with Crippen LogP contribution in [-0.4, -0.2) is 11.1 Å². The van der Waals surface area contributed by atoms with E-state index in [0.717, 1.165) is 12.0 Å². The zero-order valence-electron chi connectivity index (χ0n) is 9.46. The summed E-state index contributed by atoms with van der Waals surface area (Å²) in [6, 6.07) is 6.04. The van der Waals surface area contributed by atoms with E-state index in [4.69, 9.17) is 0 Å². The van der Waals surface area contributed by atoms with Crippen molar-refractivity contribution in [3.63, 3.8) is 0 Å². The van der Waals surface area contributed by atoms with E-state index >= 15 is 0 Å². The smallest absolute Gasteiger partial charge is 0.120 e. The summed E-state index contributed by atoms with van der Waals surface area (Å²) < 4.78 is 0. The van der Waals surface area contributed by atoms with E-state index in [9.17, 15) is 5.11 Å². The number of aromatic hydroxyl groups is 1. The molecule has 0 saturated heterocycles. The third-order valence-electron chi connectivity index (χ3n) is 2.40. The van der Waals surface area contributed by atoms with Gasteiger partial charge in [0.2, 0.25) is 0 Å². The van der Waals surface area contributed by atoms with Crippen molar-refractivity contribution in [3.8, 4) is 5.75 Å². The van der Waals surface area contributed by atoms with E-state index in [1.54, 1.807) is 6.07 Å². The van der Waals surface area contributed by atoms with Crippen LogP contribution in [0.2, 0.25) is 0 Å². The van der Waals surface area contributed by atoms with Gasteiger partial charge in [0.15, 0.2) is 0 Å². The standard InChI is InChI=1S/C13H19NO/c1-4-5-11(3)14-9-12-8-10(2)6-7-13(12)15/h4,6-8,11,14-15H,1,5,9H2,2-3H3. The molecule has 0 fully saturated rings. The van der Waals surface area contributed by atoms with Crippen LogP contribution in [-0.2, 0) is 6.54 Å². The minimum absolute atomic E-state index is 0.360. The Balaban J connectivity index is 2.56. The van der Waals surface area contributed by atoms with Crippen LogP contribution in [0.5, 0.6) is 5.75 Å². The first-order chi connectivity index (χ1) is 7.13. The second-order valence-electron chi connectivity index (χ2n) is 3.94. The third-order valence-corrected chi connectivity index (χ3v) is 2.40. The first-order valence-electron chi connectivity index (χ1n) is 5.26. The summed E-state index contributed by atoms with van der Waals surface area (Å²) in [6.07, 6.45) is 2.83. The van der Waals surface area contributed by atoms with Gasteiger partial charge in [-0.25, -0.2) is 0 Å². The highest BCUT2D eigenvalue weighted by Gasteiger charge is 2.03. The van der Waals surface area contributed by atoms with Gasteiger partial charge in [-0.3, -0.25) is 0 Å². The molecule has 0 saturated carbocycles. The van der Waals surface area contributed by atoms with E-state index in [1.165, 1.54) is 5.56 Å². The predicted molar refractivity (Wildman–Crippen MR) is 64.0 cm³/mol. The maximum absolute atomic E-state index is 9.62. The van der Waals surface area contributed by atoms with Crippen LogP contribution in [0.15, 0.2) is 30.9 Å². The van der Waals surface area contributed by atoms with E-state index in [1.807, 2.05) is 25.1 Å². The molecule has 0 amide bonds. The highest BCUT2D eigenvalue weighted by Crippen LogP contribution is 2.17. The molecule has 0 aliphatic carbocycles. The topological polar surface area (TPSA) is 32.3 Å². The zero-order valence-corrected chi connectivity index (χ0v) is 9.46. The van der Waals surface area contributed by atoms with Gasteiger partial charge in [0.1, 0.15) is 5.75 Å². The van der Waals surface area contributed by atoms with Gasteiger partial charge < -0.3 is 10.4 Å². The van der Waals surface area contributed by atoms with Gasteiger partial charge in [-0.05, 0) is 26.3 Å². The summed E-state index contributed by atoms with van der Waals surface area (Å²) in [5, 5.41) is 13.0. The molecule has 1 unspecified atom stereocenters. The average Bonchev–Trinajstić information content (AvgIpc) is 2.20. The van der Waals surface area contributed by atoms with E-state index < -0.39 is 0 Å². The Morgan fingerprint density at radius 1 is 1.53 bits per heavy atom. The number of rotatable bonds is 5. The van der Waals surface area contributed by atoms with Crippen molar-refractivity contribution in [2.45, 2.75) is 32.9 Å². The summed E-state index contributed by atoms with van der Waals surface area (Å²) in [4.78, 5) is 0. The number of hydrogen-bond acceptors (Lipinski definition) is 2. The molecular formula is C13H19NO. The van der Waals surface area contributed by atoms with Gasteiger partial charge in [-0.15, -0.1) is 6.58 Å². The molecule has 0 spiro atoms. The normalized spacial score (nSPS) is 12.4. The minimum Gasteiger partial charge on any atom is -0.508 e. The molecule has 0 aliphatic heterocycles. The molecule has 1 aromatic carbocycles. The fraction of sp³-hybridized carbons (Fsp3) is 0.385. The van der Waals surface area contributed by atoms with E-state index in [0.29, 0.717) is 18.3 Å². The second kappa shape index (κ2) is 5.56. The quantitative estimate of drug-likeness (QED) is 0.724. The molecule has 1 aromatic rings. The molecular weight excluding hydrogens is 186 g/mol. The minimum atomic E-state index is 0.360. The average molecular weight is 205 g/mol. The molecule has 82 valence electrons. The summed E-state index contributed by atoms with van der Waals surface area (Å²) in [6.45, 7) is 8.52. The molecule has 2 nitrogen and oxygen atoms in total. The van der Waals surface area contributed by atoms with Crippen molar-refractivity contribution < 1.29 is 5.11 Å². The van der Waals surface area contributed by atoms with Gasteiger partial charge in [0, 0.05) is 18.2 Å². The van der Waals surface area contributed by atoms with Gasteiger partial charge in [-0.1, -0.05) is 23.8 Å². The van der Waals surface area contributed by atoms with Crippen LogP contribution >= 0.6 is 0 Å². The second-order valence-corrected chi connectivity index (χ2v) is 3.94. The molecule has 0 radical (unpaired) electrons. The summed E-state index contributed by atoms with van der Waals surface area (Å²) in [7, 11) is 0. The number of phenols is 1. The number of hydrogen-bond donors (Lipinski definition) is 2. The first-order valence-corrected chi connectivity index (χ1v) is 5.26. The van der Waals surface area contributed by atoms with Crippen molar-refractivity contribution in [3.05, 3.63) is 42.0 Å². The maximum Gasteiger partial charge on any atom is 0.120 e. The number of benzene rings is 1. The van der Waals surface area contributed by atoms with E-state index in [2.05, 4.69) is 18.8 Å². The molecule has 0 bridgehead atoms. The van der Waals surface area contributed by atoms with Crippen LogP contribution in [0, 0.1) is 6.92 Å². The molecule has 2 N–H and O–H groups in total. The first kappa shape index (κ1) is 11.8. The van der Waals surface area contributed by atoms with Crippen molar-refractivity contribution in [2.75, 3.05) is 0 Å². The molecule has 2 heteroatoms. The van der Waals surface area contributed by atoms with Gasteiger partial charge in [0.05, 0.1) is 0 Å². The lowest BCUT2D eigenvalue weighted by atomic mass is 10.1. The van der Waals surface area contributed by atoms with Crippen molar-refractivity contribution >= 4 is 0 Å². The molecule has 0 aliphatic rings. The highest BCUT2D eigenvalue weighted by molar-refractivity contribution is 5.35. The largest absolute Gasteiger partial charge is 0.508 e. The summed E-state index contributed by atoms with van der Waals surface area (Å²) in [5.41, 5.74) is 2.12. The Labute approximate surface area is 91.6 Å². The summed E-state index contributed by atoms with van der Waals surface area (Å²) >= 11 is 0. The van der Waals surface area contributed by atoms with Crippen molar-refractivity contribution in [1.29, 1.82) is 0 Å². The lowest BCUT2D eigenvalue weighted by Crippen LogP contribution is -2.24. The Bertz CT molecular complexity index is 333. The number of phenolic OH excluding ortho intramolecular Hbond substituents is 1. The Morgan fingerprint density at radius 3 is 2.93 bits per heavy atom. The van der Waals surface area contributed by atoms with E-state index in [-0.39, 0.29) is 0 Å². The Kier molecular flexibility index (Phi) is 4.37. The third kappa shape index (κ3) is 3.76. The Hall–Kier alpha value is -1.28. The fourth-order valence-electron chi connectivity index (χ4n) is 1.47. The van der Waals surface area contributed by atoms with Gasteiger partial charge in [0.25, 0.3) is 0 Å². The Morgan fingerprint density at radius 2 is 2.27 bits per heavy atom. The van der Waals surface area contributed by atoms with Gasteiger partial charge in [-0.2, -0.15) is 0 Å². The molecule has 1 rings (SSSR count). The number of nitrogens with one attached hydrogen (secondary N) is 1. The van der Waals surface area contributed by atoms with Crippen LogP contribution in [0.25, 0.3) is 0 Å². The van der Waals surface area contributed by atoms with Crippen LogP contribution in [0.3, 0.4) is 0 Å². The van der Waals surface area contributed by atoms with Crippen molar-refractivity contribution in [1.82, 2.24) is 5.32 Å². The fourth-order valence-corrected chi connectivity index (χ4v) is 1.47. The molecule has 15 heavy (non-hydrogen) atoms. The van der Waals surface area contributed by atoms with Crippen LogP contribution in [0.1, 0.15) is 24.5 Å². The van der Waals surface area contributed by atoms with Crippen LogP contribution in [0.4, 0.5) is 0 Å². The van der Waals surface area contributed by atoms with Crippen molar-refractivity contribution in [2.24, 2.45) is 0 Å². The molecule has 0 aromatic heterocycles. The predicted octanol–water partition coefficient (Wildman–Crippen LogP) is 2.75.